The fraction of sp³-hybridized carbons (Fsp3) is 0.222. The maximum absolute atomic E-state index is 13.2. The van der Waals surface area contributed by atoms with Gasteiger partial charge in [0.1, 0.15) is 17.2 Å². The lowest BCUT2D eigenvalue weighted by Gasteiger charge is -2.09. The van der Waals surface area contributed by atoms with Crippen molar-refractivity contribution in [1.82, 2.24) is 14.7 Å². The normalized spacial score (nSPS) is 10.7. The second-order valence-corrected chi connectivity index (χ2v) is 5.43. The second kappa shape index (κ2) is 7.21. The Morgan fingerprint density at radius 2 is 1.96 bits per heavy atom. The number of hydrogen-bond acceptors (Lipinski definition) is 4. The first kappa shape index (κ1) is 16.8. The van der Waals surface area contributed by atoms with Crippen molar-refractivity contribution in [3.8, 4) is 11.5 Å². The molecule has 0 aliphatic heterocycles. The average molecular weight is 343 g/mol. The lowest BCUT2D eigenvalue weighted by Crippen LogP contribution is -2.26. The minimum atomic E-state index is -0.384. The first-order valence-electron chi connectivity index (χ1n) is 7.74. The summed E-state index contributed by atoms with van der Waals surface area (Å²) in [6.45, 7) is 0.441. The molecule has 3 rings (SSSR count). The molecule has 1 aromatic carbocycles. The number of nitrogens with zero attached hydrogens (tertiary/aromatic N) is 2. The zero-order valence-corrected chi connectivity index (χ0v) is 14.0. The number of halogens is 1. The molecule has 0 saturated heterocycles. The van der Waals surface area contributed by atoms with E-state index in [4.69, 9.17) is 9.47 Å². The maximum Gasteiger partial charge on any atom is 0.271 e. The van der Waals surface area contributed by atoms with Gasteiger partial charge in [-0.2, -0.15) is 0 Å². The van der Waals surface area contributed by atoms with Crippen LogP contribution in [0.5, 0.6) is 11.5 Å². The van der Waals surface area contributed by atoms with Crippen LogP contribution in [0.2, 0.25) is 0 Å². The Morgan fingerprint density at radius 3 is 2.72 bits per heavy atom. The van der Waals surface area contributed by atoms with Crippen LogP contribution in [-0.4, -0.2) is 36.1 Å². The predicted octanol–water partition coefficient (Wildman–Crippen LogP) is 2.46. The molecule has 130 valence electrons. The SMILES string of the molecule is COc1ccc(CCNC(=O)c2cn3cc(F)ccc3n2)cc1OC. The molecule has 2 aromatic heterocycles. The Balaban J connectivity index is 1.62. The quantitative estimate of drug-likeness (QED) is 0.747. The second-order valence-electron chi connectivity index (χ2n) is 5.43. The number of carbonyl (C=O) groups is 1. The number of carbonyl (C=O) groups excluding carboxylic acids is 1. The Kier molecular flexibility index (Phi) is 4.83. The number of fused-ring (bicyclic) bond motifs is 1. The van der Waals surface area contributed by atoms with Crippen LogP contribution in [0.1, 0.15) is 16.1 Å². The summed E-state index contributed by atoms with van der Waals surface area (Å²) in [4.78, 5) is 16.4. The highest BCUT2D eigenvalue weighted by Gasteiger charge is 2.11. The summed E-state index contributed by atoms with van der Waals surface area (Å²) in [7, 11) is 3.16. The summed E-state index contributed by atoms with van der Waals surface area (Å²) < 4.78 is 25.1. The van der Waals surface area contributed by atoms with Crippen molar-refractivity contribution >= 4 is 11.6 Å². The van der Waals surface area contributed by atoms with Gasteiger partial charge in [-0.25, -0.2) is 9.37 Å². The van der Waals surface area contributed by atoms with E-state index in [1.807, 2.05) is 18.2 Å². The van der Waals surface area contributed by atoms with Gasteiger partial charge in [0.25, 0.3) is 5.91 Å². The van der Waals surface area contributed by atoms with Gasteiger partial charge in [-0.15, -0.1) is 0 Å². The molecule has 6 nitrogen and oxygen atoms in total. The highest BCUT2D eigenvalue weighted by Crippen LogP contribution is 2.27. The standard InChI is InChI=1S/C18H18FN3O3/c1-24-15-5-3-12(9-16(15)25-2)7-8-20-18(23)14-11-22-10-13(19)4-6-17(22)21-14/h3-6,9-11H,7-8H2,1-2H3,(H,20,23). The van der Waals surface area contributed by atoms with Gasteiger partial charge in [0, 0.05) is 18.9 Å². The van der Waals surface area contributed by atoms with E-state index >= 15 is 0 Å². The van der Waals surface area contributed by atoms with Crippen molar-refractivity contribution in [2.24, 2.45) is 0 Å². The third-order valence-corrected chi connectivity index (χ3v) is 3.79. The number of hydrogen-bond donors (Lipinski definition) is 1. The topological polar surface area (TPSA) is 64.9 Å². The minimum Gasteiger partial charge on any atom is -0.493 e. The van der Waals surface area contributed by atoms with E-state index in [2.05, 4.69) is 10.3 Å². The molecule has 0 fully saturated rings. The third kappa shape index (κ3) is 3.71. The number of benzene rings is 1. The Hall–Kier alpha value is -3.09. The fourth-order valence-electron chi connectivity index (χ4n) is 2.52. The third-order valence-electron chi connectivity index (χ3n) is 3.79. The molecule has 0 aliphatic carbocycles. The molecule has 7 heteroatoms. The Bertz CT molecular complexity index is 908. The number of rotatable bonds is 6. The molecule has 1 amide bonds. The van der Waals surface area contributed by atoms with Crippen LogP contribution < -0.4 is 14.8 Å². The van der Waals surface area contributed by atoms with Crippen LogP contribution >= 0.6 is 0 Å². The molecule has 0 bridgehead atoms. The molecule has 0 saturated carbocycles. The van der Waals surface area contributed by atoms with E-state index < -0.39 is 0 Å². The van der Waals surface area contributed by atoms with Gasteiger partial charge >= 0.3 is 0 Å². The highest BCUT2D eigenvalue weighted by atomic mass is 19.1. The molecule has 0 radical (unpaired) electrons. The first-order valence-corrected chi connectivity index (χ1v) is 7.74. The molecular formula is C18H18FN3O3. The van der Waals surface area contributed by atoms with Crippen molar-refractivity contribution in [2.45, 2.75) is 6.42 Å². The molecule has 0 spiro atoms. The number of nitrogens with one attached hydrogen (secondary N) is 1. The molecule has 3 aromatic rings. The van der Waals surface area contributed by atoms with Crippen molar-refractivity contribution in [1.29, 1.82) is 0 Å². The van der Waals surface area contributed by atoms with Gasteiger partial charge < -0.3 is 19.2 Å². The van der Waals surface area contributed by atoms with Crippen LogP contribution in [0.15, 0.2) is 42.7 Å². The lowest BCUT2D eigenvalue weighted by atomic mass is 10.1. The molecule has 0 aliphatic rings. The van der Waals surface area contributed by atoms with Gasteiger partial charge in [-0.1, -0.05) is 6.07 Å². The Morgan fingerprint density at radius 1 is 1.16 bits per heavy atom. The summed E-state index contributed by atoms with van der Waals surface area (Å²) in [5.74, 6) is 0.621. The van der Waals surface area contributed by atoms with Gasteiger partial charge in [-0.05, 0) is 36.2 Å². The van der Waals surface area contributed by atoms with Crippen molar-refractivity contribution < 1.29 is 18.7 Å². The van der Waals surface area contributed by atoms with Crippen LogP contribution in [0.4, 0.5) is 4.39 Å². The predicted molar refractivity (Wildman–Crippen MR) is 90.7 cm³/mol. The summed E-state index contributed by atoms with van der Waals surface area (Å²) in [5, 5.41) is 2.81. The lowest BCUT2D eigenvalue weighted by molar-refractivity contribution is 0.0949. The highest BCUT2D eigenvalue weighted by molar-refractivity contribution is 5.92. The molecule has 2 heterocycles. The van der Waals surface area contributed by atoms with Crippen LogP contribution in [0.25, 0.3) is 5.65 Å². The van der Waals surface area contributed by atoms with E-state index in [0.29, 0.717) is 30.1 Å². The van der Waals surface area contributed by atoms with Gasteiger partial charge in [0.2, 0.25) is 0 Å². The largest absolute Gasteiger partial charge is 0.493 e. The van der Waals surface area contributed by atoms with E-state index in [9.17, 15) is 9.18 Å². The van der Waals surface area contributed by atoms with Crippen LogP contribution in [-0.2, 0) is 6.42 Å². The smallest absolute Gasteiger partial charge is 0.271 e. The minimum absolute atomic E-state index is 0.248. The van der Waals surface area contributed by atoms with E-state index in [1.54, 1.807) is 14.2 Å². The van der Waals surface area contributed by atoms with E-state index in [0.717, 1.165) is 5.56 Å². The summed E-state index contributed by atoms with van der Waals surface area (Å²) in [6, 6.07) is 8.45. The van der Waals surface area contributed by atoms with Crippen molar-refractivity contribution in [3.63, 3.8) is 0 Å². The monoisotopic (exact) mass is 343 g/mol. The summed E-state index contributed by atoms with van der Waals surface area (Å²) in [5.41, 5.74) is 1.78. The zero-order valence-electron chi connectivity index (χ0n) is 14.0. The molecule has 25 heavy (non-hydrogen) atoms. The first-order chi connectivity index (χ1) is 12.1. The van der Waals surface area contributed by atoms with E-state index in [-0.39, 0.29) is 17.4 Å². The fourth-order valence-corrected chi connectivity index (χ4v) is 2.52. The molecule has 0 unspecified atom stereocenters. The number of aromatic nitrogens is 2. The van der Waals surface area contributed by atoms with Crippen molar-refractivity contribution in [3.05, 3.63) is 59.8 Å². The van der Waals surface area contributed by atoms with Crippen molar-refractivity contribution in [2.75, 3.05) is 20.8 Å². The van der Waals surface area contributed by atoms with Gasteiger partial charge in [0.05, 0.1) is 14.2 Å². The Labute approximate surface area is 144 Å². The molecule has 0 atom stereocenters. The van der Waals surface area contributed by atoms with Gasteiger partial charge in [0.15, 0.2) is 11.5 Å². The van der Waals surface area contributed by atoms with E-state index in [1.165, 1.54) is 28.9 Å². The van der Waals surface area contributed by atoms with Crippen LogP contribution in [0, 0.1) is 5.82 Å². The molecular weight excluding hydrogens is 325 g/mol. The van der Waals surface area contributed by atoms with Gasteiger partial charge in [-0.3, -0.25) is 4.79 Å². The van der Waals surface area contributed by atoms with Crippen LogP contribution in [0.3, 0.4) is 0 Å². The molecule has 1 N–H and O–H groups in total. The average Bonchev–Trinajstić information content (AvgIpc) is 3.04. The number of imidazole rings is 1. The maximum atomic E-state index is 13.2. The number of amides is 1. The zero-order chi connectivity index (χ0) is 17.8. The number of ether oxygens (including phenoxy) is 2. The number of pyridine rings is 1. The summed E-state index contributed by atoms with van der Waals surface area (Å²) in [6.07, 6.45) is 3.42. The summed E-state index contributed by atoms with van der Waals surface area (Å²) >= 11 is 0. The number of methoxy groups -OCH3 is 2.